The van der Waals surface area contributed by atoms with Gasteiger partial charge in [-0.1, -0.05) is 31.9 Å². The topological polar surface area (TPSA) is 52.6 Å². The molecule has 1 unspecified atom stereocenters. The molecule has 0 aromatic rings. The Morgan fingerprint density at radius 3 is 2.67 bits per heavy atom. The Balaban J connectivity index is 2.57. The molecule has 0 aromatic carbocycles. The van der Waals surface area contributed by atoms with Crippen molar-refractivity contribution in [1.29, 1.82) is 0 Å². The number of aldehydes is 1. The minimum atomic E-state index is -0.933. The molecule has 0 saturated carbocycles. The highest BCUT2D eigenvalue weighted by Crippen LogP contribution is 2.27. The first kappa shape index (κ1) is 17.5. The molecule has 0 amide bonds. The first-order chi connectivity index (χ1) is 9.96. The molecule has 21 heavy (non-hydrogen) atoms. The van der Waals surface area contributed by atoms with Gasteiger partial charge in [0.25, 0.3) is 0 Å². The van der Waals surface area contributed by atoms with Crippen molar-refractivity contribution in [2.45, 2.75) is 65.1 Å². The third-order valence-electron chi connectivity index (χ3n) is 3.25. The maximum Gasteiger partial charge on any atom is 0.337 e. The molecule has 0 saturated heterocycles. The fraction of sp³-hybridized carbons (Fsp3) is 0.647. The molecule has 1 atom stereocenters. The number of carbonyl (C=O) groups is 2. The summed E-state index contributed by atoms with van der Waals surface area (Å²) < 4.78 is 10.7. The molecule has 118 valence electrons. The lowest BCUT2D eigenvalue weighted by atomic mass is 9.99. The van der Waals surface area contributed by atoms with Gasteiger partial charge in [0.05, 0.1) is 6.08 Å². The van der Waals surface area contributed by atoms with Gasteiger partial charge in [-0.15, -0.1) is 0 Å². The van der Waals surface area contributed by atoms with E-state index < -0.39 is 11.8 Å². The summed E-state index contributed by atoms with van der Waals surface area (Å²) in [6.07, 6.45) is 12.0. The van der Waals surface area contributed by atoms with Crippen LogP contribution in [0, 0.1) is 5.92 Å². The summed E-state index contributed by atoms with van der Waals surface area (Å²) in [5.74, 6) is -0.672. The lowest BCUT2D eigenvalue weighted by Gasteiger charge is -2.31. The van der Waals surface area contributed by atoms with E-state index in [0.29, 0.717) is 18.6 Å². The van der Waals surface area contributed by atoms with E-state index in [1.165, 1.54) is 25.3 Å². The standard InChI is InChI=1S/C17H26O4/c1-4-5-6-7-8-9-14(10-11-18)12-15-13-16(19)21-17(2,3)20-15/h8-9,11,13-14H,4-7,10,12H2,1-3H3/b9-8+. The fourth-order valence-electron chi connectivity index (χ4n) is 2.28. The van der Waals surface area contributed by atoms with Crippen LogP contribution in [0.1, 0.15) is 59.3 Å². The molecule has 1 aliphatic rings. The van der Waals surface area contributed by atoms with Crippen LogP contribution < -0.4 is 0 Å². The number of rotatable bonds is 9. The zero-order valence-corrected chi connectivity index (χ0v) is 13.3. The van der Waals surface area contributed by atoms with Gasteiger partial charge in [0.15, 0.2) is 0 Å². The average Bonchev–Trinajstić information content (AvgIpc) is 2.36. The molecule has 0 fully saturated rings. The Hall–Kier alpha value is -1.58. The molecule has 0 bridgehead atoms. The van der Waals surface area contributed by atoms with Crippen molar-refractivity contribution in [3.63, 3.8) is 0 Å². The van der Waals surface area contributed by atoms with E-state index in [1.54, 1.807) is 13.8 Å². The van der Waals surface area contributed by atoms with E-state index in [-0.39, 0.29) is 5.92 Å². The van der Waals surface area contributed by atoms with Crippen molar-refractivity contribution < 1.29 is 19.1 Å². The fourth-order valence-corrected chi connectivity index (χ4v) is 2.28. The van der Waals surface area contributed by atoms with Crippen LogP contribution in [0.2, 0.25) is 0 Å². The highest BCUT2D eigenvalue weighted by molar-refractivity contribution is 5.83. The summed E-state index contributed by atoms with van der Waals surface area (Å²) >= 11 is 0. The van der Waals surface area contributed by atoms with E-state index in [4.69, 9.17) is 9.47 Å². The Morgan fingerprint density at radius 2 is 2.05 bits per heavy atom. The van der Waals surface area contributed by atoms with Gasteiger partial charge in [-0.2, -0.15) is 0 Å². The molecule has 1 rings (SSSR count). The van der Waals surface area contributed by atoms with Crippen LogP contribution in [-0.2, 0) is 19.1 Å². The van der Waals surface area contributed by atoms with Gasteiger partial charge >= 0.3 is 5.97 Å². The summed E-state index contributed by atoms with van der Waals surface area (Å²) in [4.78, 5) is 22.3. The predicted octanol–water partition coefficient (Wildman–Crippen LogP) is 3.91. The van der Waals surface area contributed by atoms with E-state index in [0.717, 1.165) is 12.7 Å². The number of carbonyl (C=O) groups excluding carboxylic acids is 2. The van der Waals surface area contributed by atoms with Crippen molar-refractivity contribution in [2.75, 3.05) is 0 Å². The normalized spacial score (nSPS) is 18.8. The quantitative estimate of drug-likeness (QED) is 0.280. The van der Waals surface area contributed by atoms with E-state index in [2.05, 4.69) is 19.1 Å². The molecular formula is C17H26O4. The lowest BCUT2D eigenvalue weighted by Crippen LogP contribution is -2.34. The number of unbranched alkanes of at least 4 members (excludes halogenated alkanes) is 3. The zero-order chi connectivity index (χ0) is 15.7. The van der Waals surface area contributed by atoms with E-state index in [9.17, 15) is 9.59 Å². The van der Waals surface area contributed by atoms with Crippen LogP contribution in [-0.4, -0.2) is 18.0 Å². The zero-order valence-electron chi connectivity index (χ0n) is 13.3. The number of cyclic esters (lactones) is 1. The number of hydrogen-bond donors (Lipinski definition) is 0. The smallest absolute Gasteiger partial charge is 0.337 e. The molecule has 0 aliphatic carbocycles. The molecule has 0 aromatic heterocycles. The van der Waals surface area contributed by atoms with Gasteiger partial charge in [0.2, 0.25) is 5.79 Å². The Kier molecular flexibility index (Phi) is 7.20. The second-order valence-electron chi connectivity index (χ2n) is 5.82. The molecule has 4 nitrogen and oxygen atoms in total. The van der Waals surface area contributed by atoms with Gasteiger partial charge in [-0.3, -0.25) is 0 Å². The summed E-state index contributed by atoms with van der Waals surface area (Å²) in [7, 11) is 0. The summed E-state index contributed by atoms with van der Waals surface area (Å²) in [5.41, 5.74) is 0. The molecule has 0 spiro atoms. The molecule has 1 heterocycles. The van der Waals surface area contributed by atoms with Crippen molar-refractivity contribution >= 4 is 12.3 Å². The highest BCUT2D eigenvalue weighted by atomic mass is 16.7. The maximum atomic E-state index is 11.5. The van der Waals surface area contributed by atoms with Crippen LogP contribution in [0.5, 0.6) is 0 Å². The Labute approximate surface area is 127 Å². The maximum absolute atomic E-state index is 11.5. The minimum Gasteiger partial charge on any atom is -0.457 e. The second-order valence-corrected chi connectivity index (χ2v) is 5.82. The van der Waals surface area contributed by atoms with Crippen molar-refractivity contribution in [1.82, 2.24) is 0 Å². The third-order valence-corrected chi connectivity index (χ3v) is 3.25. The largest absolute Gasteiger partial charge is 0.457 e. The summed E-state index contributed by atoms with van der Waals surface area (Å²) in [6.45, 7) is 5.58. The SMILES string of the molecule is CCCCC/C=C/C(CC=O)CC1=CC(=O)OC(C)(C)O1. The Bertz CT molecular complexity index is 407. The van der Waals surface area contributed by atoms with Crippen LogP contribution in [0.15, 0.2) is 24.0 Å². The highest BCUT2D eigenvalue weighted by Gasteiger charge is 2.30. The molecule has 4 heteroatoms. The number of ether oxygens (including phenoxy) is 2. The number of esters is 1. The van der Waals surface area contributed by atoms with Crippen molar-refractivity contribution in [3.05, 3.63) is 24.0 Å². The molecular weight excluding hydrogens is 268 g/mol. The number of allylic oxidation sites excluding steroid dienone is 3. The van der Waals surface area contributed by atoms with Gasteiger partial charge in [0, 0.05) is 26.7 Å². The third kappa shape index (κ3) is 7.11. The van der Waals surface area contributed by atoms with Crippen LogP contribution in [0.25, 0.3) is 0 Å². The molecule has 0 N–H and O–H groups in total. The summed E-state index contributed by atoms with van der Waals surface area (Å²) in [6, 6.07) is 0. The number of hydrogen-bond acceptors (Lipinski definition) is 4. The van der Waals surface area contributed by atoms with E-state index >= 15 is 0 Å². The Morgan fingerprint density at radius 1 is 1.29 bits per heavy atom. The average molecular weight is 294 g/mol. The molecule has 1 aliphatic heterocycles. The summed E-state index contributed by atoms with van der Waals surface area (Å²) in [5, 5.41) is 0. The van der Waals surface area contributed by atoms with Gasteiger partial charge < -0.3 is 14.3 Å². The van der Waals surface area contributed by atoms with Crippen LogP contribution >= 0.6 is 0 Å². The van der Waals surface area contributed by atoms with Gasteiger partial charge in [-0.05, 0) is 18.8 Å². The van der Waals surface area contributed by atoms with Gasteiger partial charge in [-0.25, -0.2) is 4.79 Å². The van der Waals surface area contributed by atoms with Crippen LogP contribution in [0.4, 0.5) is 0 Å². The molecule has 0 radical (unpaired) electrons. The van der Waals surface area contributed by atoms with Crippen LogP contribution in [0.3, 0.4) is 0 Å². The monoisotopic (exact) mass is 294 g/mol. The first-order valence-electron chi connectivity index (χ1n) is 7.69. The predicted molar refractivity (Wildman–Crippen MR) is 81.4 cm³/mol. The van der Waals surface area contributed by atoms with Crippen molar-refractivity contribution in [2.24, 2.45) is 5.92 Å². The van der Waals surface area contributed by atoms with Crippen molar-refractivity contribution in [3.8, 4) is 0 Å². The van der Waals surface area contributed by atoms with Gasteiger partial charge in [0.1, 0.15) is 12.0 Å². The first-order valence-corrected chi connectivity index (χ1v) is 7.69. The van der Waals surface area contributed by atoms with E-state index in [1.807, 2.05) is 0 Å². The lowest BCUT2D eigenvalue weighted by molar-refractivity contribution is -0.206. The second kappa shape index (κ2) is 8.65. The minimum absolute atomic E-state index is 0.0667.